The van der Waals surface area contributed by atoms with Gasteiger partial charge in [-0.25, -0.2) is 9.97 Å². The van der Waals surface area contributed by atoms with Crippen molar-refractivity contribution in [3.8, 4) is 5.75 Å². The smallest absolute Gasteiger partial charge is 0.237 e. The predicted octanol–water partition coefficient (Wildman–Crippen LogP) is 6.13. The van der Waals surface area contributed by atoms with Crippen molar-refractivity contribution in [2.75, 3.05) is 11.9 Å². The van der Waals surface area contributed by atoms with E-state index in [-0.39, 0.29) is 17.2 Å². The van der Waals surface area contributed by atoms with Crippen LogP contribution in [-0.4, -0.2) is 22.5 Å². The number of ether oxygens (including phenoxy) is 1. The van der Waals surface area contributed by atoms with Gasteiger partial charge in [0.05, 0.1) is 44.5 Å². The molecule has 160 valence electrons. The standard InChI is InChI=1S/C24H23Cl2N3O2/c1-4-31-14-7-5-13(6-8-14)27-22(30)24-10-9-15(23(24,2)3)20-21(24)29-19-12-17(26)16(25)11-18(19)28-20/h5-8,11-12,15H,4,9-10H2,1-3H3,(H,27,30). The molecule has 3 aromatic rings. The summed E-state index contributed by atoms with van der Waals surface area (Å²) in [5, 5.41) is 4.01. The molecule has 5 rings (SSSR count). The number of fused-ring (bicyclic) bond motifs is 6. The molecule has 0 spiro atoms. The van der Waals surface area contributed by atoms with Crippen LogP contribution >= 0.6 is 23.2 Å². The summed E-state index contributed by atoms with van der Waals surface area (Å²) in [4.78, 5) is 23.6. The average molecular weight is 456 g/mol. The number of benzene rings is 2. The van der Waals surface area contributed by atoms with Crippen molar-refractivity contribution in [3.63, 3.8) is 0 Å². The van der Waals surface area contributed by atoms with Gasteiger partial charge in [0, 0.05) is 11.6 Å². The van der Waals surface area contributed by atoms with Crippen molar-refractivity contribution in [2.45, 2.75) is 44.9 Å². The van der Waals surface area contributed by atoms with E-state index in [4.69, 9.17) is 37.9 Å². The second-order valence-corrected chi connectivity index (χ2v) is 9.66. The molecule has 1 saturated carbocycles. The number of halogens is 2. The van der Waals surface area contributed by atoms with Crippen molar-refractivity contribution < 1.29 is 9.53 Å². The zero-order valence-corrected chi connectivity index (χ0v) is 19.1. The molecule has 2 aromatic carbocycles. The van der Waals surface area contributed by atoms with E-state index in [1.807, 2.05) is 31.2 Å². The summed E-state index contributed by atoms with van der Waals surface area (Å²) >= 11 is 12.4. The molecule has 2 bridgehead atoms. The van der Waals surface area contributed by atoms with E-state index in [0.29, 0.717) is 27.7 Å². The van der Waals surface area contributed by atoms with Gasteiger partial charge in [-0.1, -0.05) is 37.0 Å². The molecule has 1 heterocycles. The molecule has 0 radical (unpaired) electrons. The number of nitrogens with zero attached hydrogens (tertiary/aromatic N) is 2. The molecule has 0 saturated heterocycles. The Bertz CT molecular complexity index is 1210. The van der Waals surface area contributed by atoms with Crippen LogP contribution in [0.1, 0.15) is 50.9 Å². The number of hydrogen-bond acceptors (Lipinski definition) is 4. The van der Waals surface area contributed by atoms with Crippen LogP contribution in [0.4, 0.5) is 5.69 Å². The van der Waals surface area contributed by atoms with Crippen LogP contribution in [-0.2, 0) is 10.2 Å². The van der Waals surface area contributed by atoms with Crippen LogP contribution in [0, 0.1) is 5.41 Å². The Labute approximate surface area is 191 Å². The fourth-order valence-corrected chi connectivity index (χ4v) is 5.73. The van der Waals surface area contributed by atoms with Gasteiger partial charge in [0.25, 0.3) is 0 Å². The molecule has 1 amide bonds. The maximum Gasteiger partial charge on any atom is 0.237 e. The lowest BCUT2D eigenvalue weighted by Gasteiger charge is -2.36. The van der Waals surface area contributed by atoms with Gasteiger partial charge in [-0.15, -0.1) is 0 Å². The summed E-state index contributed by atoms with van der Waals surface area (Å²) in [5.74, 6) is 0.899. The lowest BCUT2D eigenvalue weighted by atomic mass is 9.67. The van der Waals surface area contributed by atoms with E-state index in [0.717, 1.165) is 35.7 Å². The van der Waals surface area contributed by atoms with Crippen molar-refractivity contribution >= 4 is 45.8 Å². The zero-order valence-electron chi connectivity index (χ0n) is 17.6. The molecule has 2 atom stereocenters. The maximum absolute atomic E-state index is 13.8. The monoisotopic (exact) mass is 455 g/mol. The highest BCUT2D eigenvalue weighted by molar-refractivity contribution is 6.42. The topological polar surface area (TPSA) is 64.1 Å². The quantitative estimate of drug-likeness (QED) is 0.513. The molecule has 31 heavy (non-hydrogen) atoms. The summed E-state index contributed by atoms with van der Waals surface area (Å²) in [7, 11) is 0. The Morgan fingerprint density at radius 3 is 2.42 bits per heavy atom. The largest absolute Gasteiger partial charge is 0.494 e. The van der Waals surface area contributed by atoms with E-state index >= 15 is 0 Å². The van der Waals surface area contributed by atoms with Crippen molar-refractivity contribution in [1.82, 2.24) is 9.97 Å². The van der Waals surface area contributed by atoms with Gasteiger partial charge in [-0.3, -0.25) is 4.79 Å². The number of nitrogens with one attached hydrogen (secondary N) is 1. The molecule has 2 aliphatic carbocycles. The second kappa shape index (κ2) is 7.07. The first kappa shape index (κ1) is 20.5. The Balaban J connectivity index is 1.58. The summed E-state index contributed by atoms with van der Waals surface area (Å²) < 4.78 is 5.50. The third kappa shape index (κ3) is 2.86. The predicted molar refractivity (Wildman–Crippen MR) is 123 cm³/mol. The summed E-state index contributed by atoms with van der Waals surface area (Å²) in [6.07, 6.45) is 1.64. The number of carbonyl (C=O) groups excluding carboxylic acids is 1. The van der Waals surface area contributed by atoms with Gasteiger partial charge in [-0.2, -0.15) is 0 Å². The number of anilines is 1. The summed E-state index contributed by atoms with van der Waals surface area (Å²) in [6.45, 7) is 6.84. The second-order valence-electron chi connectivity index (χ2n) is 8.84. The van der Waals surface area contributed by atoms with Gasteiger partial charge in [0.1, 0.15) is 5.75 Å². The molecule has 1 fully saturated rings. The lowest BCUT2D eigenvalue weighted by molar-refractivity contribution is -0.124. The van der Waals surface area contributed by atoms with Gasteiger partial charge >= 0.3 is 0 Å². The molecule has 5 nitrogen and oxygen atoms in total. The average Bonchev–Trinajstić information content (AvgIpc) is 3.10. The number of carbonyl (C=O) groups is 1. The highest BCUT2D eigenvalue weighted by Gasteiger charge is 2.67. The van der Waals surface area contributed by atoms with Crippen LogP contribution in [0.25, 0.3) is 11.0 Å². The molecule has 2 aliphatic rings. The highest BCUT2D eigenvalue weighted by Crippen LogP contribution is 2.67. The Morgan fingerprint density at radius 2 is 1.77 bits per heavy atom. The number of rotatable bonds is 4. The van der Waals surface area contributed by atoms with E-state index in [1.165, 1.54) is 0 Å². The minimum atomic E-state index is -0.751. The molecule has 1 N–H and O–H groups in total. The lowest BCUT2D eigenvalue weighted by Crippen LogP contribution is -2.46. The minimum Gasteiger partial charge on any atom is -0.494 e. The summed E-state index contributed by atoms with van der Waals surface area (Å²) in [6, 6.07) is 10.9. The maximum atomic E-state index is 13.8. The van der Waals surface area contributed by atoms with E-state index in [2.05, 4.69) is 19.2 Å². The third-order valence-electron chi connectivity index (χ3n) is 7.06. The molecular formula is C24H23Cl2N3O2. The first-order valence-corrected chi connectivity index (χ1v) is 11.2. The first-order chi connectivity index (χ1) is 14.8. The first-order valence-electron chi connectivity index (χ1n) is 10.5. The van der Waals surface area contributed by atoms with Crippen molar-refractivity contribution in [1.29, 1.82) is 0 Å². The third-order valence-corrected chi connectivity index (χ3v) is 7.78. The van der Waals surface area contributed by atoms with E-state index in [1.54, 1.807) is 12.1 Å². The molecular weight excluding hydrogens is 433 g/mol. The molecule has 1 aromatic heterocycles. The van der Waals surface area contributed by atoms with E-state index in [9.17, 15) is 4.79 Å². The van der Waals surface area contributed by atoms with Crippen LogP contribution in [0.5, 0.6) is 5.75 Å². The van der Waals surface area contributed by atoms with E-state index < -0.39 is 5.41 Å². The highest BCUT2D eigenvalue weighted by atomic mass is 35.5. The molecule has 0 aliphatic heterocycles. The Morgan fingerprint density at radius 1 is 1.13 bits per heavy atom. The van der Waals surface area contributed by atoms with Crippen LogP contribution in [0.3, 0.4) is 0 Å². The Hall–Kier alpha value is -2.37. The van der Waals surface area contributed by atoms with Crippen LogP contribution in [0.2, 0.25) is 10.0 Å². The van der Waals surface area contributed by atoms with Gasteiger partial charge in [-0.05, 0) is 61.6 Å². The number of aromatic nitrogens is 2. The molecule has 7 heteroatoms. The Kier molecular flexibility index (Phi) is 4.68. The normalized spacial score (nSPS) is 23.1. The van der Waals surface area contributed by atoms with Gasteiger partial charge in [0.15, 0.2) is 0 Å². The van der Waals surface area contributed by atoms with Gasteiger partial charge in [0.2, 0.25) is 5.91 Å². The van der Waals surface area contributed by atoms with Crippen LogP contribution < -0.4 is 10.1 Å². The fourth-order valence-electron chi connectivity index (χ4n) is 5.42. The fraction of sp³-hybridized carbons (Fsp3) is 0.375. The van der Waals surface area contributed by atoms with Gasteiger partial charge < -0.3 is 10.1 Å². The van der Waals surface area contributed by atoms with Crippen molar-refractivity contribution in [3.05, 3.63) is 57.8 Å². The number of amides is 1. The zero-order chi connectivity index (χ0) is 22.0. The van der Waals surface area contributed by atoms with Crippen molar-refractivity contribution in [2.24, 2.45) is 5.41 Å². The van der Waals surface area contributed by atoms with Crippen LogP contribution in [0.15, 0.2) is 36.4 Å². The summed E-state index contributed by atoms with van der Waals surface area (Å²) in [5.41, 5.74) is 2.71. The molecule has 2 unspecified atom stereocenters. The SMILES string of the molecule is CCOc1ccc(NC(=O)C23CCC(c4nc5cc(Cl)c(Cl)cc5nc42)C3(C)C)cc1. The minimum absolute atomic E-state index is 0.0448. The number of hydrogen-bond donors (Lipinski definition) is 1.